The fraction of sp³-hybridized carbons (Fsp3) is 0.706. The maximum Gasteiger partial charge on any atom is 0.217 e. The molecular weight excluding hydrogens is 306 g/mol. The number of amides is 1. The lowest BCUT2D eigenvalue weighted by Crippen LogP contribution is -2.36. The Hall–Kier alpha value is -1.73. The Labute approximate surface area is 143 Å². The van der Waals surface area contributed by atoms with E-state index >= 15 is 0 Å². The lowest BCUT2D eigenvalue weighted by atomic mass is 10.1. The van der Waals surface area contributed by atoms with Gasteiger partial charge in [0.1, 0.15) is 12.4 Å². The molecule has 7 heteroatoms. The molecule has 1 aromatic rings. The van der Waals surface area contributed by atoms with Gasteiger partial charge in [-0.1, -0.05) is 0 Å². The second-order valence-corrected chi connectivity index (χ2v) is 6.41. The number of nitrogens with zero attached hydrogens (tertiary/aromatic N) is 3. The Bertz CT molecular complexity index is 593. The van der Waals surface area contributed by atoms with Crippen LogP contribution in [0.15, 0.2) is 0 Å². The average Bonchev–Trinajstić information content (AvgIpc) is 2.87. The van der Waals surface area contributed by atoms with E-state index in [-0.39, 0.29) is 11.9 Å². The van der Waals surface area contributed by atoms with Gasteiger partial charge in [0.15, 0.2) is 5.82 Å². The smallest absolute Gasteiger partial charge is 0.217 e. The van der Waals surface area contributed by atoms with E-state index < -0.39 is 0 Å². The molecule has 2 aliphatic rings. The highest BCUT2D eigenvalue weighted by molar-refractivity contribution is 5.73. The predicted molar refractivity (Wildman–Crippen MR) is 92.1 cm³/mol. The molecule has 7 nitrogen and oxygen atoms in total. The van der Waals surface area contributed by atoms with Crippen molar-refractivity contribution in [2.45, 2.75) is 45.8 Å². The Morgan fingerprint density at radius 3 is 3.00 bits per heavy atom. The van der Waals surface area contributed by atoms with E-state index in [1.807, 2.05) is 6.92 Å². The first-order valence-electron chi connectivity index (χ1n) is 8.86. The first kappa shape index (κ1) is 17.1. The molecule has 2 aliphatic heterocycles. The third-order valence-corrected chi connectivity index (χ3v) is 4.54. The van der Waals surface area contributed by atoms with Crippen molar-refractivity contribution in [3.63, 3.8) is 0 Å². The summed E-state index contributed by atoms with van der Waals surface area (Å²) in [4.78, 5) is 23.2. The van der Waals surface area contributed by atoms with Gasteiger partial charge in [-0.2, -0.15) is 0 Å². The lowest BCUT2D eigenvalue weighted by Gasteiger charge is -2.23. The van der Waals surface area contributed by atoms with E-state index in [9.17, 15) is 4.79 Å². The van der Waals surface area contributed by atoms with Crippen LogP contribution in [-0.2, 0) is 29.0 Å². The van der Waals surface area contributed by atoms with E-state index in [0.29, 0.717) is 13.2 Å². The summed E-state index contributed by atoms with van der Waals surface area (Å²) in [7, 11) is 0. The van der Waals surface area contributed by atoms with Gasteiger partial charge in [0.25, 0.3) is 0 Å². The minimum atomic E-state index is 0.0320. The molecule has 3 rings (SSSR count). The van der Waals surface area contributed by atoms with Crippen LogP contribution in [0.1, 0.15) is 37.4 Å². The molecule has 0 bridgehead atoms. The van der Waals surface area contributed by atoms with Crippen molar-refractivity contribution in [3.05, 3.63) is 17.1 Å². The first-order chi connectivity index (χ1) is 11.7. The van der Waals surface area contributed by atoms with Gasteiger partial charge >= 0.3 is 0 Å². The summed E-state index contributed by atoms with van der Waals surface area (Å²) in [6.07, 6.45) is 2.82. The summed E-state index contributed by atoms with van der Waals surface area (Å²) >= 11 is 0. The Morgan fingerprint density at radius 2 is 2.21 bits per heavy atom. The van der Waals surface area contributed by atoms with Crippen molar-refractivity contribution in [2.24, 2.45) is 0 Å². The van der Waals surface area contributed by atoms with Crippen LogP contribution in [0.5, 0.6) is 0 Å². The molecule has 1 fully saturated rings. The standard InChI is InChI=1S/C17H27N5O2/c1-3-24-11-16-20-15-5-8-18-7-4-14(15)17(21-16)22-9-6-13(10-22)19-12(2)23/h13,18H,3-11H2,1-2H3,(H,19,23)/t13-/m0/s1. The van der Waals surface area contributed by atoms with E-state index in [1.54, 1.807) is 6.92 Å². The van der Waals surface area contributed by atoms with Gasteiger partial charge in [0.05, 0.1) is 5.69 Å². The van der Waals surface area contributed by atoms with Crippen LogP contribution < -0.4 is 15.5 Å². The Morgan fingerprint density at radius 1 is 1.38 bits per heavy atom. The summed E-state index contributed by atoms with van der Waals surface area (Å²) in [6, 6.07) is 0.201. The van der Waals surface area contributed by atoms with Crippen LogP contribution >= 0.6 is 0 Å². The zero-order valence-electron chi connectivity index (χ0n) is 14.6. The summed E-state index contributed by atoms with van der Waals surface area (Å²) in [5.41, 5.74) is 2.39. The van der Waals surface area contributed by atoms with Crippen LogP contribution in [0, 0.1) is 0 Å². The van der Waals surface area contributed by atoms with Crippen molar-refractivity contribution < 1.29 is 9.53 Å². The SMILES string of the molecule is CCOCc1nc2c(c(N3CC[C@H](NC(C)=O)C3)n1)CCNCC2. The zero-order chi connectivity index (χ0) is 16.9. The molecule has 3 heterocycles. The molecule has 1 aromatic heterocycles. The maximum atomic E-state index is 11.3. The van der Waals surface area contributed by atoms with Crippen molar-refractivity contribution in [1.29, 1.82) is 0 Å². The number of carbonyl (C=O) groups excluding carboxylic acids is 1. The molecule has 0 aliphatic carbocycles. The summed E-state index contributed by atoms with van der Waals surface area (Å²) in [6.45, 7) is 8.29. The highest BCUT2D eigenvalue weighted by atomic mass is 16.5. The quantitative estimate of drug-likeness (QED) is 0.813. The van der Waals surface area contributed by atoms with Gasteiger partial charge in [-0.05, 0) is 26.3 Å². The fourth-order valence-corrected chi connectivity index (χ4v) is 3.45. The molecule has 0 unspecified atom stereocenters. The number of hydrogen-bond donors (Lipinski definition) is 2. The second kappa shape index (κ2) is 7.90. The highest BCUT2D eigenvalue weighted by Crippen LogP contribution is 2.26. The van der Waals surface area contributed by atoms with Gasteiger partial charge in [0, 0.05) is 51.2 Å². The number of fused-ring (bicyclic) bond motifs is 1. The summed E-state index contributed by atoms with van der Waals surface area (Å²) < 4.78 is 5.52. The maximum absolute atomic E-state index is 11.3. The zero-order valence-corrected chi connectivity index (χ0v) is 14.6. The molecule has 2 N–H and O–H groups in total. The molecule has 1 saturated heterocycles. The van der Waals surface area contributed by atoms with Crippen LogP contribution in [-0.4, -0.2) is 54.7 Å². The molecule has 24 heavy (non-hydrogen) atoms. The van der Waals surface area contributed by atoms with Crippen LogP contribution in [0.3, 0.4) is 0 Å². The molecule has 0 saturated carbocycles. The van der Waals surface area contributed by atoms with Crippen molar-refractivity contribution in [3.8, 4) is 0 Å². The number of ether oxygens (including phenoxy) is 1. The number of carbonyl (C=O) groups is 1. The number of hydrogen-bond acceptors (Lipinski definition) is 6. The van der Waals surface area contributed by atoms with Crippen LogP contribution in [0.2, 0.25) is 0 Å². The van der Waals surface area contributed by atoms with Gasteiger partial charge in [-0.3, -0.25) is 4.79 Å². The number of aromatic nitrogens is 2. The monoisotopic (exact) mass is 333 g/mol. The second-order valence-electron chi connectivity index (χ2n) is 6.41. The molecule has 0 spiro atoms. The van der Waals surface area contributed by atoms with Crippen LogP contribution in [0.25, 0.3) is 0 Å². The predicted octanol–water partition coefficient (Wildman–Crippen LogP) is 0.416. The molecular formula is C17H27N5O2. The Kier molecular flexibility index (Phi) is 5.63. The van der Waals surface area contributed by atoms with E-state index in [0.717, 1.165) is 62.8 Å². The topological polar surface area (TPSA) is 79.4 Å². The number of rotatable bonds is 5. The third kappa shape index (κ3) is 4.02. The van der Waals surface area contributed by atoms with E-state index in [4.69, 9.17) is 14.7 Å². The molecule has 1 atom stereocenters. The average molecular weight is 333 g/mol. The Balaban J connectivity index is 1.86. The first-order valence-corrected chi connectivity index (χ1v) is 8.86. The van der Waals surface area contributed by atoms with Crippen molar-refractivity contribution in [1.82, 2.24) is 20.6 Å². The largest absolute Gasteiger partial charge is 0.374 e. The molecule has 0 radical (unpaired) electrons. The number of nitrogens with one attached hydrogen (secondary N) is 2. The highest BCUT2D eigenvalue weighted by Gasteiger charge is 2.28. The molecule has 1 amide bonds. The summed E-state index contributed by atoms with van der Waals surface area (Å²) in [5.74, 6) is 1.83. The fourth-order valence-electron chi connectivity index (χ4n) is 3.45. The minimum Gasteiger partial charge on any atom is -0.374 e. The van der Waals surface area contributed by atoms with Crippen molar-refractivity contribution >= 4 is 11.7 Å². The third-order valence-electron chi connectivity index (χ3n) is 4.54. The van der Waals surface area contributed by atoms with E-state index in [2.05, 4.69) is 15.5 Å². The van der Waals surface area contributed by atoms with Gasteiger partial charge in [0.2, 0.25) is 5.91 Å². The summed E-state index contributed by atoms with van der Waals surface area (Å²) in [5, 5.41) is 6.46. The van der Waals surface area contributed by atoms with Gasteiger partial charge in [-0.25, -0.2) is 9.97 Å². The molecule has 0 aromatic carbocycles. The number of anilines is 1. The minimum absolute atomic E-state index is 0.0320. The van der Waals surface area contributed by atoms with Gasteiger partial charge < -0.3 is 20.3 Å². The van der Waals surface area contributed by atoms with Crippen LogP contribution in [0.4, 0.5) is 5.82 Å². The lowest BCUT2D eigenvalue weighted by molar-refractivity contribution is -0.119. The van der Waals surface area contributed by atoms with E-state index in [1.165, 1.54) is 5.56 Å². The van der Waals surface area contributed by atoms with Crippen molar-refractivity contribution in [2.75, 3.05) is 37.7 Å². The normalized spacial score (nSPS) is 20.6. The van der Waals surface area contributed by atoms with Gasteiger partial charge in [-0.15, -0.1) is 0 Å². The molecule has 132 valence electrons.